The molecule has 2 rings (SSSR count). The zero-order valence-electron chi connectivity index (χ0n) is 14.3. The minimum atomic E-state index is -0.512. The summed E-state index contributed by atoms with van der Waals surface area (Å²) in [6, 6.07) is 7.35. The van der Waals surface area contributed by atoms with E-state index in [2.05, 4.69) is 0 Å². The second-order valence-electron chi connectivity index (χ2n) is 6.65. The van der Waals surface area contributed by atoms with Crippen molar-refractivity contribution in [3.05, 3.63) is 40.9 Å². The molecule has 1 aliphatic heterocycles. The van der Waals surface area contributed by atoms with E-state index in [1.54, 1.807) is 21.9 Å². The fourth-order valence-corrected chi connectivity index (χ4v) is 2.51. The zero-order valence-corrected chi connectivity index (χ0v) is 15.0. The summed E-state index contributed by atoms with van der Waals surface area (Å²) in [6.45, 7) is 7.44. The molecule has 1 aliphatic rings. The Morgan fingerprint density at radius 3 is 2.25 bits per heavy atom. The SMILES string of the molecule is CC(C)(C)OC(=O)N1CCN(C(=O)/C=C/c2ccccc2Cl)CC1. The Labute approximate surface area is 147 Å². The summed E-state index contributed by atoms with van der Waals surface area (Å²) in [5.41, 5.74) is 0.293. The lowest BCUT2D eigenvalue weighted by molar-refractivity contribution is -0.127. The third kappa shape index (κ3) is 5.27. The first-order valence-corrected chi connectivity index (χ1v) is 8.33. The molecular formula is C18H23ClN2O3. The number of ether oxygens (including phenoxy) is 1. The summed E-state index contributed by atoms with van der Waals surface area (Å²) in [5, 5.41) is 0.608. The van der Waals surface area contributed by atoms with Crippen LogP contribution in [-0.4, -0.2) is 53.6 Å². The molecule has 0 atom stereocenters. The van der Waals surface area contributed by atoms with Crippen LogP contribution in [0.3, 0.4) is 0 Å². The van der Waals surface area contributed by atoms with Crippen LogP contribution in [0.1, 0.15) is 26.3 Å². The van der Waals surface area contributed by atoms with E-state index in [0.717, 1.165) is 5.56 Å². The van der Waals surface area contributed by atoms with Crippen molar-refractivity contribution in [1.82, 2.24) is 9.80 Å². The second kappa shape index (κ2) is 7.71. The molecular weight excluding hydrogens is 328 g/mol. The van der Waals surface area contributed by atoms with Crippen LogP contribution in [0.2, 0.25) is 5.02 Å². The molecule has 0 radical (unpaired) electrons. The molecule has 0 aliphatic carbocycles. The molecule has 0 unspecified atom stereocenters. The molecule has 1 fully saturated rings. The fraction of sp³-hybridized carbons (Fsp3) is 0.444. The van der Waals surface area contributed by atoms with Gasteiger partial charge in [-0.3, -0.25) is 4.79 Å². The summed E-state index contributed by atoms with van der Waals surface area (Å²) in [6.07, 6.45) is 2.90. The highest BCUT2D eigenvalue weighted by molar-refractivity contribution is 6.32. The van der Waals surface area contributed by atoms with Gasteiger partial charge in [0.15, 0.2) is 0 Å². The lowest BCUT2D eigenvalue weighted by Gasteiger charge is -2.35. The Hall–Kier alpha value is -2.01. The standard InChI is InChI=1S/C18H23ClN2O3/c1-18(2,3)24-17(23)21-12-10-20(11-13-21)16(22)9-8-14-6-4-5-7-15(14)19/h4-9H,10-13H2,1-3H3/b9-8+. The van der Waals surface area contributed by atoms with Crippen molar-refractivity contribution in [3.8, 4) is 0 Å². The predicted molar refractivity (Wildman–Crippen MR) is 94.9 cm³/mol. The first kappa shape index (κ1) is 18.3. The van der Waals surface area contributed by atoms with Gasteiger partial charge in [0, 0.05) is 37.3 Å². The number of halogens is 1. The largest absolute Gasteiger partial charge is 0.444 e. The van der Waals surface area contributed by atoms with Crippen molar-refractivity contribution in [2.75, 3.05) is 26.2 Å². The molecule has 0 bridgehead atoms. The maximum atomic E-state index is 12.2. The number of nitrogens with zero attached hydrogens (tertiary/aromatic N) is 2. The molecule has 24 heavy (non-hydrogen) atoms. The summed E-state index contributed by atoms with van der Waals surface area (Å²) in [7, 11) is 0. The Bertz CT molecular complexity index is 629. The highest BCUT2D eigenvalue weighted by Gasteiger charge is 2.26. The third-order valence-corrected chi connectivity index (χ3v) is 3.90. The Balaban J connectivity index is 1.87. The summed E-state index contributed by atoms with van der Waals surface area (Å²) >= 11 is 6.07. The van der Waals surface area contributed by atoms with Crippen LogP contribution in [0.15, 0.2) is 30.3 Å². The van der Waals surface area contributed by atoms with Crippen LogP contribution in [0.5, 0.6) is 0 Å². The quantitative estimate of drug-likeness (QED) is 0.768. The maximum absolute atomic E-state index is 12.2. The average Bonchev–Trinajstić information content (AvgIpc) is 2.52. The first-order valence-electron chi connectivity index (χ1n) is 7.96. The van der Waals surface area contributed by atoms with E-state index in [1.807, 2.05) is 39.0 Å². The van der Waals surface area contributed by atoms with Gasteiger partial charge in [-0.05, 0) is 38.5 Å². The topological polar surface area (TPSA) is 49.9 Å². The van der Waals surface area contributed by atoms with E-state index in [0.29, 0.717) is 31.2 Å². The maximum Gasteiger partial charge on any atom is 0.410 e. The van der Waals surface area contributed by atoms with Crippen molar-refractivity contribution in [1.29, 1.82) is 0 Å². The van der Waals surface area contributed by atoms with Crippen molar-refractivity contribution >= 4 is 29.7 Å². The first-order chi connectivity index (χ1) is 11.3. The number of carbonyl (C=O) groups is 2. The molecule has 5 nitrogen and oxygen atoms in total. The number of carbonyl (C=O) groups excluding carboxylic acids is 2. The van der Waals surface area contributed by atoms with Gasteiger partial charge >= 0.3 is 6.09 Å². The van der Waals surface area contributed by atoms with E-state index in [-0.39, 0.29) is 12.0 Å². The Kier molecular flexibility index (Phi) is 5.89. The second-order valence-corrected chi connectivity index (χ2v) is 7.05. The summed E-state index contributed by atoms with van der Waals surface area (Å²) < 4.78 is 5.35. The van der Waals surface area contributed by atoms with Gasteiger partial charge in [-0.2, -0.15) is 0 Å². The highest BCUT2D eigenvalue weighted by atomic mass is 35.5. The van der Waals surface area contributed by atoms with Gasteiger partial charge in [-0.15, -0.1) is 0 Å². The molecule has 6 heteroatoms. The molecule has 0 spiro atoms. The number of benzene rings is 1. The Morgan fingerprint density at radius 1 is 1.08 bits per heavy atom. The minimum Gasteiger partial charge on any atom is -0.444 e. The van der Waals surface area contributed by atoms with Gasteiger partial charge in [0.1, 0.15) is 5.60 Å². The van der Waals surface area contributed by atoms with Gasteiger partial charge in [0.05, 0.1) is 0 Å². The van der Waals surface area contributed by atoms with Crippen molar-refractivity contribution in [3.63, 3.8) is 0 Å². The number of amides is 2. The van der Waals surface area contributed by atoms with Gasteiger partial charge < -0.3 is 14.5 Å². The van der Waals surface area contributed by atoms with Crippen LogP contribution in [0.4, 0.5) is 4.79 Å². The molecule has 1 heterocycles. The van der Waals surface area contributed by atoms with Crippen LogP contribution in [-0.2, 0) is 9.53 Å². The van der Waals surface area contributed by atoms with Gasteiger partial charge in [-0.25, -0.2) is 4.79 Å². The number of hydrogen-bond donors (Lipinski definition) is 0. The van der Waals surface area contributed by atoms with Crippen molar-refractivity contribution in [2.24, 2.45) is 0 Å². The molecule has 1 aromatic rings. The summed E-state index contributed by atoms with van der Waals surface area (Å²) in [4.78, 5) is 27.6. The molecule has 1 saturated heterocycles. The van der Waals surface area contributed by atoms with Crippen LogP contribution < -0.4 is 0 Å². The molecule has 1 aromatic carbocycles. The fourth-order valence-electron chi connectivity index (χ4n) is 2.31. The average molecular weight is 351 g/mol. The number of rotatable bonds is 2. The molecule has 2 amide bonds. The lowest BCUT2D eigenvalue weighted by atomic mass is 10.2. The van der Waals surface area contributed by atoms with Gasteiger partial charge in [0.2, 0.25) is 5.91 Å². The monoisotopic (exact) mass is 350 g/mol. The van der Waals surface area contributed by atoms with Gasteiger partial charge in [0.25, 0.3) is 0 Å². The number of piperazine rings is 1. The third-order valence-electron chi connectivity index (χ3n) is 3.55. The predicted octanol–water partition coefficient (Wildman–Crippen LogP) is 3.43. The van der Waals surface area contributed by atoms with Crippen LogP contribution >= 0.6 is 11.6 Å². The molecule has 0 aromatic heterocycles. The van der Waals surface area contributed by atoms with E-state index in [4.69, 9.17) is 16.3 Å². The van der Waals surface area contributed by atoms with Gasteiger partial charge in [-0.1, -0.05) is 29.8 Å². The van der Waals surface area contributed by atoms with Crippen molar-refractivity contribution in [2.45, 2.75) is 26.4 Å². The van der Waals surface area contributed by atoms with E-state index in [9.17, 15) is 9.59 Å². The minimum absolute atomic E-state index is 0.0845. The number of hydrogen-bond acceptors (Lipinski definition) is 3. The van der Waals surface area contributed by atoms with Crippen LogP contribution in [0.25, 0.3) is 6.08 Å². The molecule has 0 saturated carbocycles. The van der Waals surface area contributed by atoms with E-state index in [1.165, 1.54) is 6.08 Å². The normalized spacial score (nSPS) is 15.7. The zero-order chi connectivity index (χ0) is 17.7. The lowest BCUT2D eigenvalue weighted by Crippen LogP contribution is -2.51. The molecule has 130 valence electrons. The smallest absolute Gasteiger partial charge is 0.410 e. The summed E-state index contributed by atoms with van der Waals surface area (Å²) in [5.74, 6) is -0.0845. The highest BCUT2D eigenvalue weighted by Crippen LogP contribution is 2.17. The van der Waals surface area contributed by atoms with E-state index < -0.39 is 5.60 Å². The Morgan fingerprint density at radius 2 is 1.67 bits per heavy atom. The van der Waals surface area contributed by atoms with Crippen LogP contribution in [0, 0.1) is 0 Å². The molecule has 0 N–H and O–H groups in total. The van der Waals surface area contributed by atoms with E-state index >= 15 is 0 Å². The van der Waals surface area contributed by atoms with Crippen molar-refractivity contribution < 1.29 is 14.3 Å².